The molecule has 7 heteroatoms. The van der Waals surface area contributed by atoms with E-state index in [1.54, 1.807) is 19.1 Å². The molecule has 3 amide bonds. The molecule has 0 saturated heterocycles. The first-order chi connectivity index (χ1) is 9.60. The van der Waals surface area contributed by atoms with E-state index in [1.807, 2.05) is 12.1 Å². The molecule has 20 heavy (non-hydrogen) atoms. The van der Waals surface area contributed by atoms with Gasteiger partial charge < -0.3 is 5.32 Å². The molecule has 2 aromatic rings. The van der Waals surface area contributed by atoms with Gasteiger partial charge in [0.15, 0.2) is 0 Å². The number of anilines is 1. The van der Waals surface area contributed by atoms with E-state index < -0.39 is 11.9 Å². The highest BCUT2D eigenvalue weighted by atomic mass is 32.1. The van der Waals surface area contributed by atoms with Crippen molar-refractivity contribution in [2.24, 2.45) is 0 Å². The summed E-state index contributed by atoms with van der Waals surface area (Å²) in [6.45, 7) is 3.72. The average molecular weight is 290 g/mol. The maximum atomic E-state index is 11.8. The van der Waals surface area contributed by atoms with Crippen molar-refractivity contribution in [1.29, 1.82) is 0 Å². The third-order valence-corrected chi connectivity index (χ3v) is 3.53. The Bertz CT molecular complexity index is 622. The Morgan fingerprint density at radius 3 is 2.50 bits per heavy atom. The topological polar surface area (TPSA) is 84.0 Å². The molecule has 0 saturated carbocycles. The molecule has 0 unspecified atom stereocenters. The molecule has 0 aliphatic rings. The predicted molar refractivity (Wildman–Crippen MR) is 77.0 cm³/mol. The quantitative estimate of drug-likeness (QED) is 0.909. The van der Waals surface area contributed by atoms with Crippen LogP contribution in [0.3, 0.4) is 0 Å². The SMILES string of the molecule is CCc1ccc(NC(=O)NC(=O)c2snnc2C)cc1. The van der Waals surface area contributed by atoms with Crippen LogP contribution in [0.2, 0.25) is 0 Å². The normalized spacial score (nSPS) is 10.1. The molecule has 6 nitrogen and oxygen atoms in total. The van der Waals surface area contributed by atoms with Crippen molar-refractivity contribution in [3.05, 3.63) is 40.4 Å². The van der Waals surface area contributed by atoms with Crippen molar-refractivity contribution < 1.29 is 9.59 Å². The van der Waals surface area contributed by atoms with Gasteiger partial charge in [0.2, 0.25) is 0 Å². The molecule has 1 heterocycles. The van der Waals surface area contributed by atoms with Crippen molar-refractivity contribution in [3.8, 4) is 0 Å². The summed E-state index contributed by atoms with van der Waals surface area (Å²) in [5.74, 6) is -0.500. The van der Waals surface area contributed by atoms with E-state index in [4.69, 9.17) is 0 Å². The molecule has 1 aromatic heterocycles. The largest absolute Gasteiger partial charge is 0.326 e. The van der Waals surface area contributed by atoms with Gasteiger partial charge >= 0.3 is 6.03 Å². The first kappa shape index (κ1) is 14.1. The van der Waals surface area contributed by atoms with E-state index in [-0.39, 0.29) is 0 Å². The number of carbonyl (C=O) groups is 2. The van der Waals surface area contributed by atoms with Gasteiger partial charge in [0.05, 0.1) is 5.69 Å². The third-order valence-electron chi connectivity index (χ3n) is 2.70. The van der Waals surface area contributed by atoms with Gasteiger partial charge in [-0.05, 0) is 42.6 Å². The molecule has 0 bridgehead atoms. The number of amides is 3. The standard InChI is InChI=1S/C13H14N4O2S/c1-3-9-4-6-10(7-5-9)14-13(19)15-12(18)11-8(2)16-17-20-11/h4-7H,3H2,1-2H3,(H2,14,15,18,19). The van der Waals surface area contributed by atoms with Crippen LogP contribution >= 0.6 is 11.5 Å². The number of aryl methyl sites for hydroxylation is 2. The first-order valence-electron chi connectivity index (χ1n) is 6.10. The number of imide groups is 1. The van der Waals surface area contributed by atoms with E-state index >= 15 is 0 Å². The Hall–Kier alpha value is -2.28. The zero-order chi connectivity index (χ0) is 14.5. The molecule has 0 fully saturated rings. The number of urea groups is 1. The van der Waals surface area contributed by atoms with Crippen molar-refractivity contribution >= 4 is 29.2 Å². The van der Waals surface area contributed by atoms with Gasteiger partial charge in [0.25, 0.3) is 5.91 Å². The van der Waals surface area contributed by atoms with Crippen LogP contribution in [0.25, 0.3) is 0 Å². The maximum Gasteiger partial charge on any atom is 0.326 e. The molecule has 104 valence electrons. The second-order valence-corrected chi connectivity index (χ2v) is 4.90. The number of carbonyl (C=O) groups excluding carboxylic acids is 2. The highest BCUT2D eigenvalue weighted by molar-refractivity contribution is 7.08. The fourth-order valence-electron chi connectivity index (χ4n) is 1.59. The predicted octanol–water partition coefficient (Wildman–Crippen LogP) is 2.37. The smallest absolute Gasteiger partial charge is 0.308 e. The summed E-state index contributed by atoms with van der Waals surface area (Å²) in [4.78, 5) is 23.8. The summed E-state index contributed by atoms with van der Waals surface area (Å²) in [6.07, 6.45) is 0.933. The zero-order valence-corrected chi connectivity index (χ0v) is 12.0. The molecule has 0 spiro atoms. The van der Waals surface area contributed by atoms with Gasteiger partial charge in [0, 0.05) is 5.69 Å². The second kappa shape index (κ2) is 6.25. The average Bonchev–Trinajstić information content (AvgIpc) is 2.86. The molecule has 0 radical (unpaired) electrons. The molecule has 0 aliphatic carbocycles. The van der Waals surface area contributed by atoms with E-state index in [0.29, 0.717) is 16.3 Å². The summed E-state index contributed by atoms with van der Waals surface area (Å²) in [5, 5.41) is 8.56. The van der Waals surface area contributed by atoms with Crippen LogP contribution in [-0.4, -0.2) is 21.5 Å². The molecule has 0 aliphatic heterocycles. The molecule has 2 N–H and O–H groups in total. The molecule has 2 rings (SSSR count). The van der Waals surface area contributed by atoms with Gasteiger partial charge in [-0.1, -0.05) is 23.5 Å². The van der Waals surface area contributed by atoms with E-state index in [9.17, 15) is 9.59 Å². The van der Waals surface area contributed by atoms with Crippen LogP contribution < -0.4 is 10.6 Å². The van der Waals surface area contributed by atoms with Gasteiger partial charge in [-0.3, -0.25) is 10.1 Å². The number of nitrogens with one attached hydrogen (secondary N) is 2. The Morgan fingerprint density at radius 2 is 1.95 bits per heavy atom. The summed E-state index contributed by atoms with van der Waals surface area (Å²) in [7, 11) is 0. The minimum Gasteiger partial charge on any atom is -0.308 e. The van der Waals surface area contributed by atoms with E-state index in [1.165, 1.54) is 5.56 Å². The maximum absolute atomic E-state index is 11.8. The van der Waals surface area contributed by atoms with Crippen LogP contribution in [0.15, 0.2) is 24.3 Å². The lowest BCUT2D eigenvalue weighted by Gasteiger charge is -2.06. The molecular weight excluding hydrogens is 276 g/mol. The Kier molecular flexibility index (Phi) is 4.41. The summed E-state index contributed by atoms with van der Waals surface area (Å²) < 4.78 is 3.65. The second-order valence-electron chi connectivity index (χ2n) is 4.15. The van der Waals surface area contributed by atoms with Gasteiger partial charge in [-0.2, -0.15) is 0 Å². The minimum atomic E-state index is -0.577. The summed E-state index contributed by atoms with van der Waals surface area (Å²) in [6, 6.07) is 6.86. The Labute approximate surface area is 120 Å². The van der Waals surface area contributed by atoms with Gasteiger partial charge in [-0.15, -0.1) is 5.10 Å². The number of aromatic nitrogens is 2. The van der Waals surface area contributed by atoms with Crippen molar-refractivity contribution in [2.45, 2.75) is 20.3 Å². The van der Waals surface area contributed by atoms with Crippen LogP contribution in [-0.2, 0) is 6.42 Å². The summed E-state index contributed by atoms with van der Waals surface area (Å²) in [5.41, 5.74) is 2.32. The van der Waals surface area contributed by atoms with Crippen molar-refractivity contribution in [2.75, 3.05) is 5.32 Å². The molecule has 0 atom stereocenters. The molecular formula is C13H14N4O2S. The Morgan fingerprint density at radius 1 is 1.25 bits per heavy atom. The molecule has 1 aromatic carbocycles. The number of benzene rings is 1. The van der Waals surface area contributed by atoms with Crippen LogP contribution in [0.4, 0.5) is 10.5 Å². The zero-order valence-electron chi connectivity index (χ0n) is 11.1. The number of hydrogen-bond acceptors (Lipinski definition) is 5. The number of nitrogens with zero attached hydrogens (tertiary/aromatic N) is 2. The van der Waals surface area contributed by atoms with Gasteiger partial charge in [-0.25, -0.2) is 4.79 Å². The van der Waals surface area contributed by atoms with Crippen LogP contribution in [0, 0.1) is 6.92 Å². The monoisotopic (exact) mass is 290 g/mol. The van der Waals surface area contributed by atoms with Gasteiger partial charge in [0.1, 0.15) is 4.88 Å². The minimum absolute atomic E-state index is 0.335. The van der Waals surface area contributed by atoms with E-state index in [2.05, 4.69) is 27.1 Å². The summed E-state index contributed by atoms with van der Waals surface area (Å²) >= 11 is 0.958. The lowest BCUT2D eigenvalue weighted by Crippen LogP contribution is -2.34. The van der Waals surface area contributed by atoms with E-state index in [0.717, 1.165) is 18.0 Å². The highest BCUT2D eigenvalue weighted by Gasteiger charge is 2.15. The van der Waals surface area contributed by atoms with Crippen LogP contribution in [0.1, 0.15) is 27.9 Å². The fourth-order valence-corrected chi connectivity index (χ4v) is 2.14. The Balaban J connectivity index is 1.95. The lowest BCUT2D eigenvalue weighted by molar-refractivity contribution is 0.0970. The third kappa shape index (κ3) is 3.39. The first-order valence-corrected chi connectivity index (χ1v) is 6.87. The number of rotatable bonds is 3. The number of hydrogen-bond donors (Lipinski definition) is 2. The lowest BCUT2D eigenvalue weighted by atomic mass is 10.1. The fraction of sp³-hybridized carbons (Fsp3) is 0.231. The van der Waals surface area contributed by atoms with Crippen molar-refractivity contribution in [3.63, 3.8) is 0 Å². The van der Waals surface area contributed by atoms with Crippen LogP contribution in [0.5, 0.6) is 0 Å². The van der Waals surface area contributed by atoms with Crippen molar-refractivity contribution in [1.82, 2.24) is 14.9 Å². The highest BCUT2D eigenvalue weighted by Crippen LogP contribution is 2.11.